The molecule has 0 unspecified atom stereocenters. The van der Waals surface area contributed by atoms with Crippen molar-refractivity contribution < 1.29 is 252 Å². The average molecular weight is 1730 g/mol. The van der Waals surface area contributed by atoms with Crippen LogP contribution in [0.4, 0.5) is 228 Å². The van der Waals surface area contributed by atoms with Gasteiger partial charge in [0.2, 0.25) is 0 Å². The number of unbranched alkanes of at least 4 members (excludes halogenated alkanes) is 5. The summed E-state index contributed by atoms with van der Waals surface area (Å²) in [7, 11) is 0. The SMILES string of the molecule is O=C(CCCCCN(CCCCO)CCCCCC(=O)OC(CCC(F)(F)C(F)(F)C(F)(F)C(F)(F)C(F)(F)C(F)(F)F)CCC(F)(F)C(F)(F)C(F)(F)C(F)(F)C(F)(F)C(F)(F)F)OC(CCC(F)(F)C(F)(F)C(F)(F)C(F)(F)C(F)(F)C(F)(F)F)CCC(F)(F)C(F)(F)C(F)(F)C(F)(F)C(F)(F)C(F)(F)F. The van der Waals surface area contributed by atoms with Crippen molar-refractivity contribution in [3.05, 3.63) is 0 Å². The lowest BCUT2D eigenvalue weighted by Gasteiger charge is -2.40. The first kappa shape index (κ1) is 103. The molecule has 0 radical (unpaired) electrons. The highest BCUT2D eigenvalue weighted by Gasteiger charge is 2.95. The van der Waals surface area contributed by atoms with Gasteiger partial charge in [-0.25, -0.2) is 0 Å². The predicted molar refractivity (Wildman–Crippen MR) is 250 cm³/mol. The van der Waals surface area contributed by atoms with Crippen LogP contribution < -0.4 is 0 Å². The number of aliphatic hydroxyl groups is 1. The van der Waals surface area contributed by atoms with Crippen molar-refractivity contribution in [3.63, 3.8) is 0 Å². The first-order chi connectivity index (χ1) is 47.1. The third kappa shape index (κ3) is 19.5. The third-order valence-electron chi connectivity index (χ3n) is 15.3. The number of hydrogen-bond acceptors (Lipinski definition) is 6. The molecule has 0 spiro atoms. The molecule has 108 heavy (non-hydrogen) atoms. The van der Waals surface area contributed by atoms with Gasteiger partial charge in [-0.05, 0) is 83.8 Å². The van der Waals surface area contributed by atoms with Crippen LogP contribution in [-0.4, -0.2) is 204 Å². The number of esters is 2. The highest BCUT2D eigenvalue weighted by atomic mass is 19.5. The molecule has 0 aromatic carbocycles. The van der Waals surface area contributed by atoms with Crippen molar-refractivity contribution in [3.8, 4) is 0 Å². The van der Waals surface area contributed by atoms with E-state index in [-0.39, 0.29) is 45.3 Å². The van der Waals surface area contributed by atoms with Crippen LogP contribution in [0.2, 0.25) is 0 Å². The van der Waals surface area contributed by atoms with E-state index in [2.05, 4.69) is 9.47 Å². The fraction of sp³-hybridized carbons (Fsp3) is 0.960. The first-order valence-electron chi connectivity index (χ1n) is 28.6. The van der Waals surface area contributed by atoms with Crippen molar-refractivity contribution in [2.75, 3.05) is 26.2 Å². The number of rotatable bonds is 46. The lowest BCUT2D eigenvalue weighted by Crippen LogP contribution is -2.70. The summed E-state index contributed by atoms with van der Waals surface area (Å²) in [6.45, 7) is -1.61. The Morgan fingerprint density at radius 1 is 0.231 bits per heavy atom. The van der Waals surface area contributed by atoms with Crippen LogP contribution in [0.15, 0.2) is 0 Å². The second kappa shape index (κ2) is 33.0. The van der Waals surface area contributed by atoms with Crippen LogP contribution in [0, 0.1) is 0 Å². The summed E-state index contributed by atoms with van der Waals surface area (Å²) in [6.07, 6.45) is -71.6. The smallest absolute Gasteiger partial charge is 0.460 e. The summed E-state index contributed by atoms with van der Waals surface area (Å²) in [5.41, 5.74) is 0. The number of carbonyl (C=O) groups excluding carboxylic acids is 2. The van der Waals surface area contributed by atoms with E-state index in [9.17, 15) is 238 Å². The molecule has 0 saturated carbocycles. The quantitative estimate of drug-likeness (QED) is 0.0372. The maximum atomic E-state index is 14.7. The zero-order chi connectivity index (χ0) is 86.9. The molecule has 6 nitrogen and oxygen atoms in total. The Kier molecular flexibility index (Phi) is 31.5. The molecule has 0 amide bonds. The number of halogens is 52. The molecule has 0 atom stereocenters. The molecule has 1 N–H and O–H groups in total. The standard InChI is InChI=1S/C50H47F52NO5/c51-27(52,31(59,60)35(67,68)39(75,76)43(83,84)47(91,92)93)15-11-23(12-16-28(53,54)32(61,62)36(69,70)40(77,78)44(85,86)48(94,95)96)107-25(105)9-3-1-5-19-103(21-7-8-22-104)20-6-2-4-10-26(106)108-24(13-17-29(55,56)33(63,64)37(71,72)41(79,80)45(87,88)49(97,98)99)14-18-30(57,58)34(65,66)38(73,74)42(81,82)46(89,90)50(100,101)102/h23-24,104H,1-22H2. The van der Waals surface area contributed by atoms with Gasteiger partial charge in [-0.15, -0.1) is 0 Å². The predicted octanol–water partition coefficient (Wildman–Crippen LogP) is 22.1. The van der Waals surface area contributed by atoms with Gasteiger partial charge in [0.1, 0.15) is 12.2 Å². The van der Waals surface area contributed by atoms with E-state index in [4.69, 9.17) is 5.11 Å². The van der Waals surface area contributed by atoms with E-state index in [0.717, 1.165) is 0 Å². The van der Waals surface area contributed by atoms with Crippen LogP contribution >= 0.6 is 0 Å². The Morgan fingerprint density at radius 3 is 0.565 bits per heavy atom. The Bertz CT molecular complexity index is 2530. The summed E-state index contributed by atoms with van der Waals surface area (Å²) >= 11 is 0. The van der Waals surface area contributed by atoms with E-state index in [1.165, 1.54) is 4.90 Å². The lowest BCUT2D eigenvalue weighted by atomic mass is 9.89. The molecule has 0 aliphatic heterocycles. The molecule has 0 rings (SSSR count). The van der Waals surface area contributed by atoms with Crippen molar-refractivity contribution in [1.29, 1.82) is 0 Å². The minimum atomic E-state index is -8.64. The largest absolute Gasteiger partial charge is 0.462 e. The second-order valence-corrected chi connectivity index (χ2v) is 23.3. The molecule has 0 aliphatic carbocycles. The van der Waals surface area contributed by atoms with Crippen LogP contribution in [-0.2, 0) is 19.1 Å². The van der Waals surface area contributed by atoms with E-state index in [1.807, 2.05) is 0 Å². The van der Waals surface area contributed by atoms with Crippen molar-refractivity contribution in [2.45, 2.75) is 271 Å². The summed E-state index contributed by atoms with van der Waals surface area (Å²) in [5, 5.41) is 9.13. The van der Waals surface area contributed by atoms with Gasteiger partial charge in [0.15, 0.2) is 0 Å². The summed E-state index contributed by atoms with van der Waals surface area (Å²) in [6, 6.07) is 0. The van der Waals surface area contributed by atoms with Crippen molar-refractivity contribution in [2.24, 2.45) is 0 Å². The number of aliphatic hydroxyl groups excluding tert-OH is 1. The number of hydrogen-bond donors (Lipinski definition) is 1. The normalized spacial score (nSPS) is 15.9. The molecule has 0 aromatic heterocycles. The van der Waals surface area contributed by atoms with Crippen LogP contribution in [0.5, 0.6) is 0 Å². The third-order valence-corrected chi connectivity index (χ3v) is 15.3. The van der Waals surface area contributed by atoms with Gasteiger partial charge in [-0.1, -0.05) is 12.8 Å². The topological polar surface area (TPSA) is 76.1 Å². The zero-order valence-electron chi connectivity index (χ0n) is 51.9. The first-order valence-corrected chi connectivity index (χ1v) is 28.6. The molecule has 0 saturated heterocycles. The van der Waals surface area contributed by atoms with Crippen molar-refractivity contribution >= 4 is 11.9 Å². The highest BCUT2D eigenvalue weighted by Crippen LogP contribution is 2.66. The van der Waals surface area contributed by atoms with Crippen LogP contribution in [0.25, 0.3) is 0 Å². The monoisotopic (exact) mass is 1730 g/mol. The average Bonchev–Trinajstić information content (AvgIpc) is 0.731. The Labute approximate surface area is 566 Å². The Hall–Kier alpha value is -4.78. The van der Waals surface area contributed by atoms with E-state index in [1.54, 1.807) is 0 Å². The molecule has 58 heteroatoms. The van der Waals surface area contributed by atoms with Gasteiger partial charge >= 0.3 is 155 Å². The zero-order valence-corrected chi connectivity index (χ0v) is 51.9. The minimum Gasteiger partial charge on any atom is -0.462 e. The molecule has 0 heterocycles. The summed E-state index contributed by atoms with van der Waals surface area (Å²) < 4.78 is 721. The highest BCUT2D eigenvalue weighted by molar-refractivity contribution is 5.69. The van der Waals surface area contributed by atoms with E-state index in [0.29, 0.717) is 0 Å². The van der Waals surface area contributed by atoms with Crippen molar-refractivity contribution in [1.82, 2.24) is 4.90 Å². The summed E-state index contributed by atoms with van der Waals surface area (Å²) in [4.78, 5) is 26.5. The molecular weight excluding hydrogens is 1680 g/mol. The van der Waals surface area contributed by atoms with Crippen LogP contribution in [0.3, 0.4) is 0 Å². The number of ether oxygens (including phenoxy) is 2. The maximum Gasteiger partial charge on any atom is 0.460 e. The number of nitrogens with zero attached hydrogens (tertiary/aromatic N) is 1. The molecular formula is C50H47F52NO5. The summed E-state index contributed by atoms with van der Waals surface area (Å²) in [5.74, 6) is -169. The molecule has 646 valence electrons. The van der Waals surface area contributed by atoms with Gasteiger partial charge in [-0.3, -0.25) is 9.59 Å². The van der Waals surface area contributed by atoms with Gasteiger partial charge in [0.25, 0.3) is 0 Å². The molecule has 0 aliphatic rings. The fourth-order valence-electron chi connectivity index (χ4n) is 8.56. The number of alkyl halides is 52. The van der Waals surface area contributed by atoms with Gasteiger partial charge in [0.05, 0.1) is 0 Å². The fourth-order valence-corrected chi connectivity index (χ4v) is 8.56. The molecule has 0 fully saturated rings. The lowest BCUT2D eigenvalue weighted by molar-refractivity contribution is -0.440. The molecule has 0 bridgehead atoms. The second-order valence-electron chi connectivity index (χ2n) is 23.3. The Morgan fingerprint density at radius 2 is 0.398 bits per heavy atom. The number of carbonyl (C=O) groups is 2. The van der Waals surface area contributed by atoms with Gasteiger partial charge < -0.3 is 19.5 Å². The van der Waals surface area contributed by atoms with Gasteiger partial charge in [0, 0.05) is 45.1 Å². The van der Waals surface area contributed by atoms with Gasteiger partial charge in [-0.2, -0.15) is 228 Å². The Balaban J connectivity index is 6.92. The van der Waals surface area contributed by atoms with Crippen LogP contribution in [0.1, 0.15) is 116 Å². The molecule has 0 aromatic rings. The maximum absolute atomic E-state index is 14.7. The minimum absolute atomic E-state index is 0.0791. The van der Waals surface area contributed by atoms with E-state index >= 15 is 0 Å². The van der Waals surface area contributed by atoms with E-state index < -0.39 is 264 Å².